The van der Waals surface area contributed by atoms with E-state index in [1.807, 2.05) is 6.92 Å². The monoisotopic (exact) mass is 267 g/mol. The maximum Gasteiger partial charge on any atom is 0.323 e. The molecule has 2 rings (SSSR count). The van der Waals surface area contributed by atoms with Crippen LogP contribution in [-0.4, -0.2) is 48.4 Å². The zero-order valence-corrected chi connectivity index (χ0v) is 11.5. The zero-order chi connectivity index (χ0) is 13.5. The highest BCUT2D eigenvalue weighted by Crippen LogP contribution is 2.16. The van der Waals surface area contributed by atoms with Gasteiger partial charge in [-0.2, -0.15) is 15.0 Å². The van der Waals surface area contributed by atoms with Gasteiger partial charge in [-0.05, 0) is 25.7 Å². The van der Waals surface area contributed by atoms with Crippen LogP contribution in [0.25, 0.3) is 0 Å². The number of hydrogen-bond donors (Lipinski definition) is 2. The number of ether oxygens (including phenoxy) is 2. The van der Waals surface area contributed by atoms with Crippen molar-refractivity contribution in [3.8, 4) is 6.01 Å². The Bertz CT molecular complexity index is 396. The van der Waals surface area contributed by atoms with Gasteiger partial charge in [0.1, 0.15) is 0 Å². The van der Waals surface area contributed by atoms with Gasteiger partial charge in [-0.3, -0.25) is 0 Å². The first kappa shape index (κ1) is 13.8. The van der Waals surface area contributed by atoms with Crippen LogP contribution in [0.2, 0.25) is 0 Å². The predicted octanol–water partition coefficient (Wildman–Crippen LogP) is 1.15. The van der Waals surface area contributed by atoms with Gasteiger partial charge in [0.15, 0.2) is 0 Å². The van der Waals surface area contributed by atoms with E-state index in [-0.39, 0.29) is 0 Å². The van der Waals surface area contributed by atoms with Gasteiger partial charge < -0.3 is 20.1 Å². The number of nitrogens with one attached hydrogen (secondary N) is 2. The van der Waals surface area contributed by atoms with Crippen molar-refractivity contribution in [2.75, 3.05) is 44.0 Å². The Morgan fingerprint density at radius 3 is 2.84 bits per heavy atom. The first-order valence-electron chi connectivity index (χ1n) is 6.70. The molecule has 1 aromatic rings. The van der Waals surface area contributed by atoms with Crippen molar-refractivity contribution in [1.29, 1.82) is 0 Å². The molecular formula is C12H21N5O2. The minimum absolute atomic E-state index is 0.341. The number of hydrogen-bond acceptors (Lipinski definition) is 7. The lowest BCUT2D eigenvalue weighted by Gasteiger charge is -2.10. The van der Waals surface area contributed by atoms with E-state index in [0.29, 0.717) is 30.4 Å². The van der Waals surface area contributed by atoms with Gasteiger partial charge >= 0.3 is 6.01 Å². The average molecular weight is 267 g/mol. The van der Waals surface area contributed by atoms with Crippen LogP contribution in [0, 0.1) is 5.92 Å². The molecule has 0 aliphatic carbocycles. The Balaban J connectivity index is 1.88. The maximum atomic E-state index is 5.35. The quantitative estimate of drug-likeness (QED) is 0.767. The number of aromatic nitrogens is 3. The molecule has 19 heavy (non-hydrogen) atoms. The van der Waals surface area contributed by atoms with Crippen LogP contribution in [0.1, 0.15) is 19.8 Å². The van der Waals surface area contributed by atoms with Crippen LogP contribution in [0.3, 0.4) is 0 Å². The molecule has 2 N–H and O–H groups in total. The average Bonchev–Trinajstić information content (AvgIpc) is 2.92. The summed E-state index contributed by atoms with van der Waals surface area (Å²) in [4.78, 5) is 12.6. The Hall–Kier alpha value is -1.63. The summed E-state index contributed by atoms with van der Waals surface area (Å²) >= 11 is 0. The molecule has 1 aromatic heterocycles. The third kappa shape index (κ3) is 4.20. The van der Waals surface area contributed by atoms with E-state index in [2.05, 4.69) is 25.6 Å². The molecule has 1 atom stereocenters. The van der Waals surface area contributed by atoms with Crippen molar-refractivity contribution in [3.63, 3.8) is 0 Å². The van der Waals surface area contributed by atoms with Gasteiger partial charge in [-0.25, -0.2) is 0 Å². The number of rotatable bonds is 7. The molecule has 0 bridgehead atoms. The maximum absolute atomic E-state index is 5.35. The van der Waals surface area contributed by atoms with Crippen LogP contribution in [0.15, 0.2) is 0 Å². The van der Waals surface area contributed by atoms with E-state index >= 15 is 0 Å². The first-order chi connectivity index (χ1) is 9.31. The summed E-state index contributed by atoms with van der Waals surface area (Å²) in [6.45, 7) is 5.01. The fourth-order valence-corrected chi connectivity index (χ4v) is 1.94. The Morgan fingerprint density at radius 1 is 1.32 bits per heavy atom. The van der Waals surface area contributed by atoms with Crippen LogP contribution >= 0.6 is 0 Å². The Kier molecular flexibility index (Phi) is 5.14. The van der Waals surface area contributed by atoms with Gasteiger partial charge in [0.25, 0.3) is 0 Å². The molecule has 0 spiro atoms. The molecular weight excluding hydrogens is 246 g/mol. The summed E-state index contributed by atoms with van der Waals surface area (Å²) in [6.07, 6.45) is 2.20. The van der Waals surface area contributed by atoms with Crippen molar-refractivity contribution in [1.82, 2.24) is 15.0 Å². The van der Waals surface area contributed by atoms with Crippen LogP contribution in [0.4, 0.5) is 11.9 Å². The molecule has 1 aliphatic heterocycles. The fourth-order valence-electron chi connectivity index (χ4n) is 1.94. The summed E-state index contributed by atoms with van der Waals surface area (Å²) in [5.41, 5.74) is 0. The SMILES string of the molecule is CCOc1nc(NC)nc(NCCC2CCOC2)n1. The lowest BCUT2D eigenvalue weighted by molar-refractivity contribution is 0.185. The minimum atomic E-state index is 0.341. The molecule has 0 amide bonds. The van der Waals surface area contributed by atoms with Crippen molar-refractivity contribution in [3.05, 3.63) is 0 Å². The zero-order valence-electron chi connectivity index (χ0n) is 11.5. The van der Waals surface area contributed by atoms with E-state index in [0.717, 1.165) is 32.6 Å². The van der Waals surface area contributed by atoms with Crippen molar-refractivity contribution < 1.29 is 9.47 Å². The van der Waals surface area contributed by atoms with Gasteiger partial charge in [0, 0.05) is 26.8 Å². The summed E-state index contributed by atoms with van der Waals surface area (Å²) in [7, 11) is 1.77. The van der Waals surface area contributed by atoms with Crippen LogP contribution in [-0.2, 0) is 4.74 Å². The highest BCUT2D eigenvalue weighted by Gasteiger charge is 2.15. The molecule has 0 aromatic carbocycles. The smallest absolute Gasteiger partial charge is 0.323 e. The molecule has 1 aliphatic rings. The lowest BCUT2D eigenvalue weighted by atomic mass is 10.1. The lowest BCUT2D eigenvalue weighted by Crippen LogP contribution is -2.13. The van der Waals surface area contributed by atoms with Crippen molar-refractivity contribution in [2.45, 2.75) is 19.8 Å². The summed E-state index contributed by atoms with van der Waals surface area (Å²) < 4.78 is 10.7. The second kappa shape index (κ2) is 7.08. The molecule has 106 valence electrons. The van der Waals surface area contributed by atoms with E-state index < -0.39 is 0 Å². The Labute approximate surface area is 113 Å². The van der Waals surface area contributed by atoms with E-state index in [4.69, 9.17) is 9.47 Å². The molecule has 7 heteroatoms. The van der Waals surface area contributed by atoms with Gasteiger partial charge in [-0.15, -0.1) is 0 Å². The Morgan fingerprint density at radius 2 is 2.16 bits per heavy atom. The predicted molar refractivity (Wildman–Crippen MR) is 72.6 cm³/mol. The first-order valence-corrected chi connectivity index (χ1v) is 6.70. The highest BCUT2D eigenvalue weighted by molar-refractivity contribution is 5.35. The molecule has 1 unspecified atom stereocenters. The van der Waals surface area contributed by atoms with E-state index in [1.54, 1.807) is 7.05 Å². The van der Waals surface area contributed by atoms with Gasteiger partial charge in [0.2, 0.25) is 11.9 Å². The fraction of sp³-hybridized carbons (Fsp3) is 0.750. The third-order valence-corrected chi connectivity index (χ3v) is 2.97. The molecule has 2 heterocycles. The van der Waals surface area contributed by atoms with Gasteiger partial charge in [0.05, 0.1) is 6.61 Å². The molecule has 0 saturated carbocycles. The second-order valence-electron chi connectivity index (χ2n) is 4.39. The topological polar surface area (TPSA) is 81.2 Å². The van der Waals surface area contributed by atoms with Gasteiger partial charge in [-0.1, -0.05) is 0 Å². The minimum Gasteiger partial charge on any atom is -0.464 e. The largest absolute Gasteiger partial charge is 0.464 e. The van der Waals surface area contributed by atoms with Crippen LogP contribution in [0.5, 0.6) is 6.01 Å². The molecule has 0 radical (unpaired) electrons. The van der Waals surface area contributed by atoms with Crippen molar-refractivity contribution >= 4 is 11.9 Å². The van der Waals surface area contributed by atoms with E-state index in [1.165, 1.54) is 0 Å². The third-order valence-electron chi connectivity index (χ3n) is 2.97. The summed E-state index contributed by atoms with van der Waals surface area (Å²) in [6, 6.07) is 0.341. The number of nitrogens with zero attached hydrogens (tertiary/aromatic N) is 3. The molecule has 1 fully saturated rings. The standard InChI is InChI=1S/C12H21N5O2/c1-3-19-12-16-10(13-2)15-11(17-12)14-6-4-9-5-7-18-8-9/h9H,3-8H2,1-2H3,(H2,13,14,15,16,17). The second-order valence-corrected chi connectivity index (χ2v) is 4.39. The highest BCUT2D eigenvalue weighted by atomic mass is 16.5. The molecule has 7 nitrogen and oxygen atoms in total. The van der Waals surface area contributed by atoms with E-state index in [9.17, 15) is 0 Å². The van der Waals surface area contributed by atoms with Crippen molar-refractivity contribution in [2.24, 2.45) is 5.92 Å². The summed E-state index contributed by atoms with van der Waals surface area (Å²) in [5, 5.41) is 6.10. The van der Waals surface area contributed by atoms with Crippen LogP contribution < -0.4 is 15.4 Å². The molecule has 1 saturated heterocycles. The number of anilines is 2. The summed E-state index contributed by atoms with van der Waals surface area (Å²) in [5.74, 6) is 1.69. The normalized spacial score (nSPS) is 18.3.